The van der Waals surface area contributed by atoms with Gasteiger partial charge in [-0.1, -0.05) is 58.3 Å². The number of hydrogen-bond acceptors (Lipinski definition) is 3. The number of carbonyl (C=O) groups is 3. The fourth-order valence-corrected chi connectivity index (χ4v) is 6.18. The second-order valence-electron chi connectivity index (χ2n) is 10.1. The smallest absolute Gasteiger partial charge is 0.237 e. The van der Waals surface area contributed by atoms with Crippen LogP contribution in [0.3, 0.4) is 0 Å². The molecule has 1 heterocycles. The molecule has 1 aromatic carbocycles. The van der Waals surface area contributed by atoms with Crippen LogP contribution in [0.1, 0.15) is 90.4 Å². The number of hydrogen-bond donors (Lipinski definition) is 1. The number of nitrogens with one attached hydrogen (secondary N) is 1. The van der Waals surface area contributed by atoms with E-state index in [9.17, 15) is 14.4 Å². The van der Waals surface area contributed by atoms with Crippen LogP contribution in [0.5, 0.6) is 0 Å². The lowest BCUT2D eigenvalue weighted by atomic mass is 9.81. The zero-order chi connectivity index (χ0) is 22.5. The van der Waals surface area contributed by atoms with Crippen molar-refractivity contribution >= 4 is 29.1 Å². The van der Waals surface area contributed by atoms with Gasteiger partial charge in [0.25, 0.3) is 0 Å². The van der Waals surface area contributed by atoms with Crippen LogP contribution in [-0.4, -0.2) is 17.7 Å². The van der Waals surface area contributed by atoms with Crippen LogP contribution < -0.4 is 10.2 Å². The maximum Gasteiger partial charge on any atom is 0.237 e. The molecule has 5 heteroatoms. The van der Waals surface area contributed by atoms with Crippen LogP contribution in [0.15, 0.2) is 24.3 Å². The predicted octanol–water partition coefficient (Wildman–Crippen LogP) is 6.08. The fraction of sp³-hybridized carbons (Fsp3) is 0.667. The first kappa shape index (κ1) is 23.0. The SMILES string of the molecule is CCCCCCCCCCCC(=O)Nc1ccc(N2C(=O)[C@@H]3[C@H]4CC[C@@H](C4)[C@@H]3C2=O)cc1. The van der Waals surface area contributed by atoms with Crippen molar-refractivity contribution in [1.82, 2.24) is 0 Å². The van der Waals surface area contributed by atoms with E-state index < -0.39 is 0 Å². The maximum atomic E-state index is 12.9. The summed E-state index contributed by atoms with van der Waals surface area (Å²) in [6.45, 7) is 2.24. The molecule has 1 saturated heterocycles. The summed E-state index contributed by atoms with van der Waals surface area (Å²) >= 11 is 0. The molecule has 2 aliphatic carbocycles. The summed E-state index contributed by atoms with van der Waals surface area (Å²) in [5.41, 5.74) is 1.35. The molecule has 3 fully saturated rings. The summed E-state index contributed by atoms with van der Waals surface area (Å²) in [5, 5.41) is 2.94. The van der Waals surface area contributed by atoms with Crippen LogP contribution in [0.25, 0.3) is 0 Å². The topological polar surface area (TPSA) is 66.5 Å². The Morgan fingerprint density at radius 3 is 1.94 bits per heavy atom. The molecular formula is C27H38N2O3. The first-order chi connectivity index (χ1) is 15.6. The Hall–Kier alpha value is -2.17. The molecule has 3 amide bonds. The molecule has 1 aliphatic heterocycles. The highest BCUT2D eigenvalue weighted by atomic mass is 16.2. The van der Waals surface area contributed by atoms with Gasteiger partial charge in [-0.3, -0.25) is 19.3 Å². The Morgan fingerprint density at radius 1 is 0.844 bits per heavy atom. The third-order valence-electron chi connectivity index (χ3n) is 7.84. The predicted molar refractivity (Wildman–Crippen MR) is 127 cm³/mol. The van der Waals surface area contributed by atoms with Crippen molar-refractivity contribution in [2.24, 2.45) is 23.7 Å². The van der Waals surface area contributed by atoms with E-state index in [-0.39, 0.29) is 29.6 Å². The molecule has 0 aromatic heterocycles. The van der Waals surface area contributed by atoms with Gasteiger partial charge in [-0.25, -0.2) is 0 Å². The van der Waals surface area contributed by atoms with Gasteiger partial charge >= 0.3 is 0 Å². The highest BCUT2D eigenvalue weighted by Crippen LogP contribution is 2.56. The summed E-state index contributed by atoms with van der Waals surface area (Å²) in [4.78, 5) is 39.5. The van der Waals surface area contributed by atoms with E-state index in [1.165, 1.54) is 49.8 Å². The van der Waals surface area contributed by atoms with Crippen molar-refractivity contribution in [2.45, 2.75) is 90.4 Å². The number of fused-ring (bicyclic) bond motifs is 5. The van der Waals surface area contributed by atoms with Crippen molar-refractivity contribution in [2.75, 3.05) is 10.2 Å². The molecule has 4 atom stereocenters. The average molecular weight is 439 g/mol. The molecule has 2 saturated carbocycles. The normalized spacial score (nSPS) is 26.1. The lowest BCUT2D eigenvalue weighted by molar-refractivity contribution is -0.123. The Morgan fingerprint density at radius 2 is 1.38 bits per heavy atom. The third kappa shape index (κ3) is 4.92. The van der Waals surface area contributed by atoms with Crippen LogP contribution in [0.4, 0.5) is 11.4 Å². The molecule has 0 unspecified atom stereocenters. The molecule has 2 bridgehead atoms. The monoisotopic (exact) mass is 438 g/mol. The number of imide groups is 1. The Bertz CT molecular complexity index is 791. The van der Waals surface area contributed by atoms with Gasteiger partial charge in [-0.2, -0.15) is 0 Å². The van der Waals surface area contributed by atoms with E-state index in [2.05, 4.69) is 12.2 Å². The van der Waals surface area contributed by atoms with Gasteiger partial charge in [0.15, 0.2) is 0 Å². The Balaban J connectivity index is 1.19. The highest BCUT2D eigenvalue weighted by Gasteiger charge is 2.61. The summed E-state index contributed by atoms with van der Waals surface area (Å²) in [7, 11) is 0. The van der Waals surface area contributed by atoms with Gasteiger partial charge in [0.05, 0.1) is 17.5 Å². The maximum absolute atomic E-state index is 12.9. The zero-order valence-electron chi connectivity index (χ0n) is 19.5. The second kappa shape index (κ2) is 10.6. The highest BCUT2D eigenvalue weighted by molar-refractivity contribution is 6.22. The first-order valence-electron chi connectivity index (χ1n) is 12.9. The van der Waals surface area contributed by atoms with Crippen molar-refractivity contribution in [1.29, 1.82) is 0 Å². The van der Waals surface area contributed by atoms with Crippen LogP contribution in [0, 0.1) is 23.7 Å². The summed E-state index contributed by atoms with van der Waals surface area (Å²) in [6.07, 6.45) is 14.9. The van der Waals surface area contributed by atoms with Gasteiger partial charge in [0, 0.05) is 12.1 Å². The second-order valence-corrected chi connectivity index (χ2v) is 10.1. The van der Waals surface area contributed by atoms with Crippen LogP contribution >= 0.6 is 0 Å². The van der Waals surface area contributed by atoms with E-state index >= 15 is 0 Å². The van der Waals surface area contributed by atoms with Crippen molar-refractivity contribution in [3.05, 3.63) is 24.3 Å². The van der Waals surface area contributed by atoms with Crippen LogP contribution in [0.2, 0.25) is 0 Å². The average Bonchev–Trinajstić information content (AvgIpc) is 3.47. The van der Waals surface area contributed by atoms with Crippen molar-refractivity contribution in [3.8, 4) is 0 Å². The molecule has 32 heavy (non-hydrogen) atoms. The van der Waals surface area contributed by atoms with Crippen LogP contribution in [-0.2, 0) is 14.4 Å². The number of unbranched alkanes of at least 4 members (excludes halogenated alkanes) is 8. The van der Waals surface area contributed by atoms with Gasteiger partial charge < -0.3 is 5.32 Å². The summed E-state index contributed by atoms with van der Waals surface area (Å²) in [5.74, 6) is 0.579. The number of anilines is 2. The van der Waals surface area contributed by atoms with E-state index in [0.29, 0.717) is 29.6 Å². The number of amides is 3. The minimum Gasteiger partial charge on any atom is -0.326 e. The molecule has 5 nitrogen and oxygen atoms in total. The first-order valence-corrected chi connectivity index (χ1v) is 12.9. The van der Waals surface area contributed by atoms with E-state index in [4.69, 9.17) is 0 Å². The zero-order valence-corrected chi connectivity index (χ0v) is 19.5. The molecule has 4 rings (SSSR count). The number of nitrogens with zero attached hydrogens (tertiary/aromatic N) is 1. The molecule has 3 aliphatic rings. The van der Waals surface area contributed by atoms with Gasteiger partial charge in [-0.15, -0.1) is 0 Å². The van der Waals surface area contributed by atoms with Gasteiger partial charge in [0.1, 0.15) is 0 Å². The van der Waals surface area contributed by atoms with E-state index in [1.807, 2.05) is 0 Å². The van der Waals surface area contributed by atoms with E-state index in [0.717, 1.165) is 32.1 Å². The summed E-state index contributed by atoms with van der Waals surface area (Å²) < 4.78 is 0. The molecule has 0 radical (unpaired) electrons. The number of rotatable bonds is 12. The largest absolute Gasteiger partial charge is 0.326 e. The number of carbonyl (C=O) groups excluding carboxylic acids is 3. The van der Waals surface area contributed by atoms with Crippen molar-refractivity contribution < 1.29 is 14.4 Å². The molecule has 1 aromatic rings. The lowest BCUT2D eigenvalue weighted by Gasteiger charge is -2.19. The molecule has 0 spiro atoms. The third-order valence-corrected chi connectivity index (χ3v) is 7.84. The van der Waals surface area contributed by atoms with E-state index in [1.54, 1.807) is 24.3 Å². The minimum atomic E-state index is -0.100. The van der Waals surface area contributed by atoms with Crippen molar-refractivity contribution in [3.63, 3.8) is 0 Å². The standard InChI is InChI=1S/C27H38N2O3/c1-2-3-4-5-6-7-8-9-10-11-23(30)28-21-14-16-22(17-15-21)29-26(31)24-19-12-13-20(18-19)25(24)27(29)32/h14-17,19-20,24-25H,2-13,18H2,1H3,(H,28,30)/t19-,20-,24-,25+/m0/s1. The molecule has 174 valence electrons. The van der Waals surface area contributed by atoms with Gasteiger partial charge in [-0.05, 0) is 61.8 Å². The summed E-state index contributed by atoms with van der Waals surface area (Å²) in [6, 6.07) is 7.17. The fourth-order valence-electron chi connectivity index (χ4n) is 6.18. The Kier molecular flexibility index (Phi) is 7.64. The van der Waals surface area contributed by atoms with Gasteiger partial charge in [0.2, 0.25) is 17.7 Å². The number of benzene rings is 1. The molecular weight excluding hydrogens is 400 g/mol. The molecule has 1 N–H and O–H groups in total. The lowest BCUT2D eigenvalue weighted by Crippen LogP contribution is -2.32. The quantitative estimate of drug-likeness (QED) is 0.318. The Labute approximate surface area is 192 Å². The minimum absolute atomic E-state index is 0.0191.